The van der Waals surface area contributed by atoms with Crippen LogP contribution in [0.2, 0.25) is 0 Å². The van der Waals surface area contributed by atoms with E-state index in [1.165, 1.54) is 0 Å². The third-order valence-corrected chi connectivity index (χ3v) is 2.78. The molecule has 0 unspecified atom stereocenters. The van der Waals surface area contributed by atoms with Crippen molar-refractivity contribution < 1.29 is 0 Å². The zero-order valence-electron chi connectivity index (χ0n) is 8.94. The van der Waals surface area contributed by atoms with Crippen molar-refractivity contribution in [1.29, 1.82) is 5.26 Å². The number of thioether (sulfide) groups is 1. The van der Waals surface area contributed by atoms with Crippen LogP contribution in [0.15, 0.2) is 24.8 Å². The first-order valence-electron chi connectivity index (χ1n) is 4.87. The summed E-state index contributed by atoms with van der Waals surface area (Å²) in [6, 6.07) is 5.41. The van der Waals surface area contributed by atoms with E-state index in [1.807, 2.05) is 12.1 Å². The minimum atomic E-state index is 0.267. The number of nitrogens with zero attached hydrogens (tertiary/aromatic N) is 2. The van der Waals surface area contributed by atoms with Gasteiger partial charge >= 0.3 is 0 Å². The zero-order valence-corrected chi connectivity index (χ0v) is 9.76. The molecule has 0 bridgehead atoms. The highest BCUT2D eigenvalue weighted by Crippen LogP contribution is 2.12. The van der Waals surface area contributed by atoms with Crippen LogP contribution >= 0.6 is 11.8 Å². The van der Waals surface area contributed by atoms with E-state index in [1.54, 1.807) is 23.9 Å². The second-order valence-corrected chi connectivity index (χ2v) is 4.19. The monoisotopic (exact) mass is 234 g/mol. The lowest BCUT2D eigenvalue weighted by molar-refractivity contribution is 1.16. The summed E-state index contributed by atoms with van der Waals surface area (Å²) in [6.45, 7) is 4.45. The van der Waals surface area contributed by atoms with Crippen LogP contribution in [0.5, 0.6) is 0 Å². The first-order chi connectivity index (χ1) is 7.77. The molecule has 0 fully saturated rings. The molecule has 4 nitrogen and oxygen atoms in total. The van der Waals surface area contributed by atoms with Crippen LogP contribution in [0, 0.1) is 11.3 Å². The Labute approximate surface area is 99.6 Å². The van der Waals surface area contributed by atoms with Gasteiger partial charge < -0.3 is 11.1 Å². The number of hydrogen-bond acceptors (Lipinski definition) is 5. The molecule has 0 saturated carbocycles. The van der Waals surface area contributed by atoms with Crippen LogP contribution in [0.25, 0.3) is 0 Å². The summed E-state index contributed by atoms with van der Waals surface area (Å²) in [5.41, 5.74) is 6.24. The lowest BCUT2D eigenvalue weighted by Gasteiger charge is -2.05. The summed E-state index contributed by atoms with van der Waals surface area (Å²) in [6.07, 6.45) is 1.87. The first kappa shape index (κ1) is 12.4. The highest BCUT2D eigenvalue weighted by atomic mass is 32.2. The van der Waals surface area contributed by atoms with E-state index in [0.717, 1.165) is 18.1 Å². The summed E-state index contributed by atoms with van der Waals surface area (Å²) in [4.78, 5) is 4.08. The molecule has 0 aliphatic carbocycles. The van der Waals surface area contributed by atoms with Gasteiger partial charge in [0, 0.05) is 18.1 Å². The number of rotatable bonds is 6. The summed E-state index contributed by atoms with van der Waals surface area (Å²) in [7, 11) is 0. The van der Waals surface area contributed by atoms with E-state index in [-0.39, 0.29) is 5.69 Å². The van der Waals surface area contributed by atoms with E-state index in [9.17, 15) is 0 Å². The average Bonchev–Trinajstić information content (AvgIpc) is 2.31. The normalized spacial score (nSPS) is 9.44. The molecule has 1 heterocycles. The Kier molecular flexibility index (Phi) is 5.23. The largest absolute Gasteiger partial charge is 0.396 e. The van der Waals surface area contributed by atoms with Crippen molar-refractivity contribution in [3.8, 4) is 6.07 Å². The lowest BCUT2D eigenvalue weighted by atomic mass is 10.3. The Morgan fingerprint density at radius 1 is 1.62 bits per heavy atom. The maximum Gasteiger partial charge on any atom is 0.165 e. The molecular weight excluding hydrogens is 220 g/mol. The summed E-state index contributed by atoms with van der Waals surface area (Å²) < 4.78 is 0. The van der Waals surface area contributed by atoms with Crippen molar-refractivity contribution in [2.24, 2.45) is 0 Å². The van der Waals surface area contributed by atoms with Gasteiger partial charge in [0.1, 0.15) is 11.9 Å². The molecule has 0 atom stereocenters. The number of pyridine rings is 1. The van der Waals surface area contributed by atoms with E-state index >= 15 is 0 Å². The topological polar surface area (TPSA) is 74.7 Å². The number of nitriles is 1. The summed E-state index contributed by atoms with van der Waals surface area (Å²) in [5.74, 6) is 2.60. The molecule has 0 spiro atoms. The maximum atomic E-state index is 8.75. The number of anilines is 2. The van der Waals surface area contributed by atoms with Crippen molar-refractivity contribution >= 4 is 23.3 Å². The van der Waals surface area contributed by atoms with Gasteiger partial charge in [-0.05, 0) is 12.1 Å². The van der Waals surface area contributed by atoms with E-state index in [2.05, 4.69) is 16.9 Å². The molecule has 0 radical (unpaired) electrons. The smallest absolute Gasteiger partial charge is 0.165 e. The molecular formula is C11H14N4S. The van der Waals surface area contributed by atoms with Gasteiger partial charge in [-0.3, -0.25) is 0 Å². The minimum absolute atomic E-state index is 0.267. The van der Waals surface area contributed by atoms with E-state index in [4.69, 9.17) is 11.0 Å². The third kappa shape index (κ3) is 3.83. The van der Waals surface area contributed by atoms with Gasteiger partial charge in [-0.25, -0.2) is 4.98 Å². The Balaban J connectivity index is 2.43. The quantitative estimate of drug-likeness (QED) is 0.580. The van der Waals surface area contributed by atoms with Crippen LogP contribution in [0.4, 0.5) is 11.5 Å². The predicted octanol–water partition coefficient (Wildman–Crippen LogP) is 1.87. The standard InChI is InChI=1S/C11H14N4S/c1-2-6-16-7-5-14-11-4-3-9(13)10(8-12)15-11/h2-4H,1,5-7,13H2,(H,14,15). The Morgan fingerprint density at radius 2 is 2.44 bits per heavy atom. The molecule has 84 valence electrons. The minimum Gasteiger partial charge on any atom is -0.396 e. The van der Waals surface area contributed by atoms with Gasteiger partial charge in [-0.15, -0.1) is 6.58 Å². The Hall–Kier alpha value is -1.67. The molecule has 3 N–H and O–H groups in total. The van der Waals surface area contributed by atoms with Gasteiger partial charge in [-0.2, -0.15) is 17.0 Å². The van der Waals surface area contributed by atoms with Gasteiger partial charge in [0.25, 0.3) is 0 Å². The number of nitrogens with one attached hydrogen (secondary N) is 1. The van der Waals surface area contributed by atoms with Crippen molar-refractivity contribution in [3.05, 3.63) is 30.5 Å². The predicted molar refractivity (Wildman–Crippen MR) is 69.4 cm³/mol. The fourth-order valence-corrected chi connectivity index (χ4v) is 1.66. The molecule has 1 rings (SSSR count). The van der Waals surface area contributed by atoms with Crippen LogP contribution in [-0.4, -0.2) is 23.0 Å². The highest BCUT2D eigenvalue weighted by Gasteiger charge is 2.00. The van der Waals surface area contributed by atoms with Crippen LogP contribution in [0.3, 0.4) is 0 Å². The van der Waals surface area contributed by atoms with Gasteiger partial charge in [0.15, 0.2) is 5.69 Å². The summed E-state index contributed by atoms with van der Waals surface area (Å²) >= 11 is 1.79. The van der Waals surface area contributed by atoms with Crippen molar-refractivity contribution in [1.82, 2.24) is 4.98 Å². The molecule has 0 aromatic carbocycles. The number of nitrogen functional groups attached to an aromatic ring is 1. The number of aromatic nitrogens is 1. The summed E-state index contributed by atoms with van der Waals surface area (Å²) in [5, 5.41) is 11.9. The first-order valence-corrected chi connectivity index (χ1v) is 6.02. The number of nitrogens with two attached hydrogens (primary N) is 1. The molecule has 1 aromatic heterocycles. The second kappa shape index (κ2) is 6.75. The molecule has 16 heavy (non-hydrogen) atoms. The zero-order chi connectivity index (χ0) is 11.8. The highest BCUT2D eigenvalue weighted by molar-refractivity contribution is 7.99. The molecule has 0 aliphatic rings. The van der Waals surface area contributed by atoms with E-state index < -0.39 is 0 Å². The molecule has 0 aliphatic heterocycles. The maximum absolute atomic E-state index is 8.75. The van der Waals surface area contributed by atoms with E-state index in [0.29, 0.717) is 11.5 Å². The fraction of sp³-hybridized carbons (Fsp3) is 0.273. The van der Waals surface area contributed by atoms with Crippen LogP contribution in [-0.2, 0) is 0 Å². The molecule has 5 heteroatoms. The fourth-order valence-electron chi connectivity index (χ4n) is 1.08. The van der Waals surface area contributed by atoms with Crippen molar-refractivity contribution in [2.45, 2.75) is 0 Å². The SMILES string of the molecule is C=CCSCCNc1ccc(N)c(C#N)n1. The van der Waals surface area contributed by atoms with Gasteiger partial charge in [0.05, 0.1) is 5.69 Å². The molecule has 0 amide bonds. The second-order valence-electron chi connectivity index (χ2n) is 3.04. The van der Waals surface area contributed by atoms with Gasteiger partial charge in [-0.1, -0.05) is 6.08 Å². The number of hydrogen-bond donors (Lipinski definition) is 2. The molecule has 1 aromatic rings. The van der Waals surface area contributed by atoms with Gasteiger partial charge in [0.2, 0.25) is 0 Å². The van der Waals surface area contributed by atoms with Crippen LogP contribution in [0.1, 0.15) is 5.69 Å². The van der Waals surface area contributed by atoms with Crippen molar-refractivity contribution in [2.75, 3.05) is 29.1 Å². The van der Waals surface area contributed by atoms with Crippen LogP contribution < -0.4 is 11.1 Å². The third-order valence-electron chi connectivity index (χ3n) is 1.82. The Morgan fingerprint density at radius 3 is 3.12 bits per heavy atom. The Bertz CT molecular complexity index is 397. The lowest BCUT2D eigenvalue weighted by Crippen LogP contribution is -2.07. The van der Waals surface area contributed by atoms with Crippen molar-refractivity contribution in [3.63, 3.8) is 0 Å². The average molecular weight is 234 g/mol. The molecule has 0 saturated heterocycles.